The molecule has 0 spiro atoms. The summed E-state index contributed by atoms with van der Waals surface area (Å²) in [5.41, 5.74) is 2.72. The predicted octanol–water partition coefficient (Wildman–Crippen LogP) is 5.74. The van der Waals surface area contributed by atoms with Gasteiger partial charge in [0.25, 0.3) is 11.8 Å². The molecule has 7 heteroatoms. The first kappa shape index (κ1) is 23.8. The van der Waals surface area contributed by atoms with Gasteiger partial charge in [0.2, 0.25) is 11.8 Å². The zero-order valence-electron chi connectivity index (χ0n) is 20.3. The summed E-state index contributed by atoms with van der Waals surface area (Å²) in [7, 11) is 0. The van der Waals surface area contributed by atoms with Crippen LogP contribution in [0.25, 0.3) is 22.5 Å². The van der Waals surface area contributed by atoms with Gasteiger partial charge in [-0.1, -0.05) is 86.6 Å². The fraction of sp³-hybridized carbons (Fsp3) is 0.133. The number of rotatable bonds is 6. The maximum absolute atomic E-state index is 13.6. The smallest absolute Gasteiger partial charge is 0.262 e. The minimum absolute atomic E-state index is 0.0348. The van der Waals surface area contributed by atoms with E-state index in [9.17, 15) is 19.6 Å². The number of fused-ring (bicyclic) bond motifs is 1. The van der Waals surface area contributed by atoms with Gasteiger partial charge in [0.1, 0.15) is 23.4 Å². The van der Waals surface area contributed by atoms with E-state index in [1.165, 1.54) is 0 Å². The van der Waals surface area contributed by atoms with Crippen molar-refractivity contribution in [3.63, 3.8) is 0 Å². The van der Waals surface area contributed by atoms with Crippen molar-refractivity contribution >= 4 is 23.6 Å². The van der Waals surface area contributed by atoms with Gasteiger partial charge in [-0.25, -0.2) is 0 Å². The quantitative estimate of drug-likeness (QED) is 0.348. The first-order valence-corrected chi connectivity index (χ1v) is 11.9. The Bertz CT molecular complexity index is 1510. The molecule has 0 saturated heterocycles. The largest absolute Gasteiger partial charge is 0.438 e. The van der Waals surface area contributed by atoms with E-state index in [2.05, 4.69) is 11.4 Å². The summed E-state index contributed by atoms with van der Waals surface area (Å²) >= 11 is 0. The van der Waals surface area contributed by atoms with Gasteiger partial charge in [-0.3, -0.25) is 24.6 Å². The number of hydrogen-bond acceptors (Lipinski definition) is 5. The van der Waals surface area contributed by atoms with Crippen LogP contribution in [0, 0.1) is 17.2 Å². The van der Waals surface area contributed by atoms with Crippen molar-refractivity contribution in [3.05, 3.63) is 102 Å². The van der Waals surface area contributed by atoms with Crippen LogP contribution in [0.2, 0.25) is 0 Å². The molecule has 5 rings (SSSR count). The molecule has 1 aliphatic heterocycles. The third-order valence-corrected chi connectivity index (χ3v) is 6.36. The molecule has 1 N–H and O–H groups in total. The highest BCUT2D eigenvalue weighted by Gasteiger charge is 2.44. The lowest BCUT2D eigenvalue weighted by molar-refractivity contribution is -0.121. The van der Waals surface area contributed by atoms with Crippen LogP contribution in [0.5, 0.6) is 0 Å². The van der Waals surface area contributed by atoms with E-state index in [0.717, 1.165) is 16.0 Å². The molecule has 0 radical (unpaired) electrons. The standard InChI is InChI=1S/C30H23N3O4/c1-18(2)25(33-29(35)21-15-9-10-16-22(21)30(33)36)27(34)32-28-23(17-31)24(19-11-5-3-6-12-19)26(37-28)20-13-7-4-8-14-20/h3-16,18,25H,1-2H3,(H,32,34). The summed E-state index contributed by atoms with van der Waals surface area (Å²) in [6.07, 6.45) is 0. The zero-order chi connectivity index (χ0) is 26.1. The topological polar surface area (TPSA) is 103 Å². The molecule has 1 atom stereocenters. The van der Waals surface area contributed by atoms with Gasteiger partial charge in [-0.15, -0.1) is 0 Å². The highest BCUT2D eigenvalue weighted by molar-refractivity contribution is 6.23. The Morgan fingerprint density at radius 3 is 1.86 bits per heavy atom. The van der Waals surface area contributed by atoms with Crippen molar-refractivity contribution in [3.8, 4) is 28.5 Å². The molecule has 3 aromatic carbocycles. The Morgan fingerprint density at radius 2 is 1.35 bits per heavy atom. The number of carbonyl (C=O) groups excluding carboxylic acids is 3. The van der Waals surface area contributed by atoms with Crippen LogP contribution >= 0.6 is 0 Å². The lowest BCUT2D eigenvalue weighted by Gasteiger charge is -2.28. The van der Waals surface area contributed by atoms with Crippen molar-refractivity contribution in [1.82, 2.24) is 4.90 Å². The fourth-order valence-corrected chi connectivity index (χ4v) is 4.66. The van der Waals surface area contributed by atoms with Gasteiger partial charge in [-0.2, -0.15) is 5.26 Å². The average Bonchev–Trinajstić information content (AvgIpc) is 3.40. The summed E-state index contributed by atoms with van der Waals surface area (Å²) in [6.45, 7) is 3.51. The number of imide groups is 1. The number of amides is 3. The van der Waals surface area contributed by atoms with Crippen LogP contribution < -0.4 is 5.32 Å². The Labute approximate surface area is 213 Å². The normalized spacial score (nSPS) is 13.4. The third kappa shape index (κ3) is 4.09. The van der Waals surface area contributed by atoms with Crippen molar-refractivity contribution in [2.75, 3.05) is 5.32 Å². The molecular weight excluding hydrogens is 466 g/mol. The number of nitriles is 1. The molecule has 0 bridgehead atoms. The molecule has 1 aliphatic rings. The molecule has 0 fully saturated rings. The molecule has 7 nitrogen and oxygen atoms in total. The number of anilines is 1. The van der Waals surface area contributed by atoms with E-state index in [1.54, 1.807) is 38.1 Å². The van der Waals surface area contributed by atoms with Crippen molar-refractivity contribution in [2.24, 2.45) is 5.92 Å². The van der Waals surface area contributed by atoms with Crippen LogP contribution in [0.3, 0.4) is 0 Å². The predicted molar refractivity (Wildman–Crippen MR) is 138 cm³/mol. The van der Waals surface area contributed by atoms with Gasteiger partial charge >= 0.3 is 0 Å². The van der Waals surface area contributed by atoms with Crippen LogP contribution in [0.15, 0.2) is 89.3 Å². The second-order valence-corrected chi connectivity index (χ2v) is 9.06. The van der Waals surface area contributed by atoms with Gasteiger partial charge in [0, 0.05) is 11.1 Å². The SMILES string of the molecule is CC(C)C(C(=O)Nc1oc(-c2ccccc2)c(-c2ccccc2)c1C#N)N1C(=O)c2ccccc2C1=O. The fourth-order valence-electron chi connectivity index (χ4n) is 4.66. The van der Waals surface area contributed by atoms with Crippen molar-refractivity contribution in [2.45, 2.75) is 19.9 Å². The second kappa shape index (κ2) is 9.59. The highest BCUT2D eigenvalue weighted by atomic mass is 16.4. The number of nitrogens with one attached hydrogen (secondary N) is 1. The van der Waals surface area contributed by atoms with Crippen LogP contribution in [-0.4, -0.2) is 28.7 Å². The summed E-state index contributed by atoms with van der Waals surface area (Å²) < 4.78 is 6.11. The highest BCUT2D eigenvalue weighted by Crippen LogP contribution is 2.41. The number of nitrogens with zero attached hydrogens (tertiary/aromatic N) is 2. The van der Waals surface area contributed by atoms with Crippen LogP contribution in [0.1, 0.15) is 40.1 Å². The molecule has 4 aromatic rings. The molecule has 37 heavy (non-hydrogen) atoms. The van der Waals surface area contributed by atoms with Gasteiger partial charge in [-0.05, 0) is 23.6 Å². The van der Waals surface area contributed by atoms with Gasteiger partial charge < -0.3 is 4.42 Å². The summed E-state index contributed by atoms with van der Waals surface area (Å²) in [4.78, 5) is 40.8. The Kier molecular flexibility index (Phi) is 6.16. The minimum Gasteiger partial charge on any atom is -0.438 e. The van der Waals surface area contributed by atoms with E-state index in [0.29, 0.717) is 11.3 Å². The number of carbonyl (C=O) groups is 3. The van der Waals surface area contributed by atoms with Crippen molar-refractivity contribution < 1.29 is 18.8 Å². The van der Waals surface area contributed by atoms with Gasteiger partial charge in [0.05, 0.1) is 11.1 Å². The first-order chi connectivity index (χ1) is 17.9. The molecular formula is C30H23N3O4. The molecule has 3 amide bonds. The number of hydrogen-bond donors (Lipinski definition) is 1. The molecule has 1 aromatic heterocycles. The molecule has 0 saturated carbocycles. The summed E-state index contributed by atoms with van der Waals surface area (Å²) in [6, 6.07) is 26.2. The maximum atomic E-state index is 13.6. The van der Waals surface area contributed by atoms with Crippen LogP contribution in [0.4, 0.5) is 5.88 Å². The third-order valence-electron chi connectivity index (χ3n) is 6.36. The van der Waals surface area contributed by atoms with E-state index in [-0.39, 0.29) is 22.6 Å². The average molecular weight is 490 g/mol. The Balaban J connectivity index is 1.56. The summed E-state index contributed by atoms with van der Waals surface area (Å²) in [5.74, 6) is -1.67. The zero-order valence-corrected chi connectivity index (χ0v) is 20.3. The van der Waals surface area contributed by atoms with Crippen molar-refractivity contribution in [1.29, 1.82) is 5.26 Å². The minimum atomic E-state index is -1.11. The lowest BCUT2D eigenvalue weighted by atomic mass is 9.98. The second-order valence-electron chi connectivity index (χ2n) is 9.06. The van der Waals surface area contributed by atoms with Crippen LogP contribution in [-0.2, 0) is 4.79 Å². The van der Waals surface area contributed by atoms with Gasteiger partial charge in [0.15, 0.2) is 0 Å². The Morgan fingerprint density at radius 1 is 0.838 bits per heavy atom. The van der Waals surface area contributed by atoms with E-state index in [1.807, 2.05) is 60.7 Å². The molecule has 1 unspecified atom stereocenters. The first-order valence-electron chi connectivity index (χ1n) is 11.9. The van der Waals surface area contributed by atoms with E-state index >= 15 is 0 Å². The maximum Gasteiger partial charge on any atom is 0.262 e. The number of benzene rings is 3. The molecule has 2 heterocycles. The molecule has 182 valence electrons. The monoisotopic (exact) mass is 489 g/mol. The van der Waals surface area contributed by atoms with E-state index in [4.69, 9.17) is 4.42 Å². The molecule has 0 aliphatic carbocycles. The Hall–Kier alpha value is -4.96. The van der Waals surface area contributed by atoms with E-state index < -0.39 is 29.7 Å². The lowest BCUT2D eigenvalue weighted by Crippen LogP contribution is -2.50. The number of furan rings is 1. The summed E-state index contributed by atoms with van der Waals surface area (Å²) in [5, 5.41) is 12.8.